The van der Waals surface area contributed by atoms with Crippen molar-refractivity contribution in [2.75, 3.05) is 7.11 Å². The number of aromatic hydroxyl groups is 2. The number of phenols is 2. The molecular weight excluding hydrogens is 388 g/mol. The van der Waals surface area contributed by atoms with E-state index in [4.69, 9.17) is 5.11 Å². The molecule has 0 saturated heterocycles. The molecule has 0 saturated carbocycles. The molecule has 29 heavy (non-hydrogen) atoms. The van der Waals surface area contributed by atoms with Crippen LogP contribution in [0.5, 0.6) is 11.5 Å². The minimum atomic E-state index is -1.57. The predicted octanol–water partition coefficient (Wildman–Crippen LogP) is 1.15. The Balaban J connectivity index is 2.37. The molecule has 0 bridgehead atoms. The molecule has 0 aliphatic heterocycles. The Hall–Kier alpha value is -4.08. The fourth-order valence-corrected chi connectivity index (χ4v) is 3.35. The number of phenolic OH excluding ortho intramolecular Hbond substituents is 2. The van der Waals surface area contributed by atoms with E-state index >= 15 is 0 Å². The van der Waals surface area contributed by atoms with Gasteiger partial charge in [-0.2, -0.15) is 0 Å². The lowest BCUT2D eigenvalue weighted by atomic mass is 9.71. The molecule has 1 aliphatic carbocycles. The van der Waals surface area contributed by atoms with Crippen molar-refractivity contribution >= 4 is 24.0 Å². The number of ether oxygens (including phenoxy) is 1. The smallest absolute Gasteiger partial charge is 0.371 e. The molecule has 4 N–H and O–H groups in total. The highest BCUT2D eigenvalue weighted by Crippen LogP contribution is 2.46. The Bertz CT molecular complexity index is 1120. The van der Waals surface area contributed by atoms with Crippen molar-refractivity contribution in [3.05, 3.63) is 62.7 Å². The number of methoxy groups -OCH3 is 1. The van der Waals surface area contributed by atoms with Crippen LogP contribution in [-0.2, 0) is 14.3 Å². The summed E-state index contributed by atoms with van der Waals surface area (Å²) in [4.78, 5) is 47.4. The van der Waals surface area contributed by atoms with Gasteiger partial charge in [0.2, 0.25) is 5.76 Å². The summed E-state index contributed by atoms with van der Waals surface area (Å²) < 4.78 is 9.25. The largest absolute Gasteiger partial charge is 0.504 e. The molecule has 1 aliphatic rings. The maximum atomic E-state index is 12.2. The van der Waals surface area contributed by atoms with Crippen molar-refractivity contribution in [2.45, 2.75) is 5.92 Å². The van der Waals surface area contributed by atoms with Crippen LogP contribution in [0, 0.1) is 5.92 Å². The second kappa shape index (κ2) is 7.15. The van der Waals surface area contributed by atoms with Gasteiger partial charge in [-0.05, 0) is 41.0 Å². The third-order valence-electron chi connectivity index (χ3n) is 4.54. The van der Waals surface area contributed by atoms with Gasteiger partial charge in [0.15, 0.2) is 11.5 Å². The zero-order valence-corrected chi connectivity index (χ0v) is 14.8. The van der Waals surface area contributed by atoms with Gasteiger partial charge in [-0.1, -0.05) is 0 Å². The normalized spacial score (nSPS) is 17.8. The molecule has 0 amide bonds. The summed E-state index contributed by atoms with van der Waals surface area (Å²) >= 11 is 0. The van der Waals surface area contributed by atoms with Crippen LogP contribution in [0.15, 0.2) is 39.1 Å². The number of esters is 1. The first-order chi connectivity index (χ1) is 13.6. The van der Waals surface area contributed by atoms with E-state index < -0.39 is 52.6 Å². The summed E-state index contributed by atoms with van der Waals surface area (Å²) in [5, 5.41) is 38.7. The number of carbonyl (C=O) groups excluding carboxylic acids is 1. The molecule has 0 fully saturated rings. The molecule has 1 aromatic heterocycles. The van der Waals surface area contributed by atoms with Crippen molar-refractivity contribution in [1.29, 1.82) is 0 Å². The van der Waals surface area contributed by atoms with Gasteiger partial charge in [-0.15, -0.1) is 0 Å². The van der Waals surface area contributed by atoms with E-state index in [1.54, 1.807) is 0 Å². The standard InChI is InChI=1S/C19H14O10/c1-28-19(27)10-2-7-3-11(20)12(21)6-9(7)15(16(10)18(25)26)8-4-13(17(23)24)29-14(22)5-8/h2-6,15-16,20-21H,1H3,(H,23,24)(H,25,26)/t15-,16-/m1/s1. The van der Waals surface area contributed by atoms with Gasteiger partial charge in [-0.25, -0.2) is 14.4 Å². The number of rotatable bonds is 4. The zero-order valence-electron chi connectivity index (χ0n) is 14.8. The van der Waals surface area contributed by atoms with Gasteiger partial charge < -0.3 is 29.6 Å². The summed E-state index contributed by atoms with van der Waals surface area (Å²) in [6.45, 7) is 0. The van der Waals surface area contributed by atoms with Crippen molar-refractivity contribution in [2.24, 2.45) is 5.92 Å². The average molecular weight is 402 g/mol. The molecule has 1 aromatic carbocycles. The maximum Gasteiger partial charge on any atom is 0.371 e. The Labute approximate surface area is 161 Å². The minimum absolute atomic E-state index is 0.0631. The van der Waals surface area contributed by atoms with Crippen LogP contribution in [0.4, 0.5) is 0 Å². The van der Waals surface area contributed by atoms with Gasteiger partial charge in [0.1, 0.15) is 0 Å². The second-order valence-electron chi connectivity index (χ2n) is 6.23. The van der Waals surface area contributed by atoms with Crippen LogP contribution in [0.3, 0.4) is 0 Å². The van der Waals surface area contributed by atoms with E-state index in [0.29, 0.717) is 0 Å². The monoisotopic (exact) mass is 402 g/mol. The first-order valence-electron chi connectivity index (χ1n) is 8.11. The second-order valence-corrected chi connectivity index (χ2v) is 6.23. The van der Waals surface area contributed by atoms with Crippen molar-refractivity contribution < 1.29 is 44.0 Å². The number of carboxylic acids is 2. The van der Waals surface area contributed by atoms with Crippen LogP contribution < -0.4 is 5.63 Å². The van der Waals surface area contributed by atoms with Gasteiger partial charge in [0.05, 0.1) is 18.6 Å². The molecule has 150 valence electrons. The van der Waals surface area contributed by atoms with E-state index in [9.17, 15) is 34.5 Å². The Morgan fingerprint density at radius 1 is 1.03 bits per heavy atom. The fourth-order valence-electron chi connectivity index (χ4n) is 3.35. The highest BCUT2D eigenvalue weighted by Gasteiger charge is 2.42. The zero-order chi connectivity index (χ0) is 21.5. The summed E-state index contributed by atoms with van der Waals surface area (Å²) in [7, 11) is 1.06. The van der Waals surface area contributed by atoms with Crippen molar-refractivity contribution in [1.82, 2.24) is 0 Å². The topological polar surface area (TPSA) is 172 Å². The minimum Gasteiger partial charge on any atom is -0.504 e. The van der Waals surface area contributed by atoms with Crippen LogP contribution in [-0.4, -0.2) is 45.4 Å². The Kier molecular flexibility index (Phi) is 4.85. The van der Waals surface area contributed by atoms with E-state index in [0.717, 1.165) is 31.4 Å². The quantitative estimate of drug-likeness (QED) is 0.429. The lowest BCUT2D eigenvalue weighted by Crippen LogP contribution is -2.32. The molecule has 10 nitrogen and oxygen atoms in total. The van der Waals surface area contributed by atoms with E-state index in [1.807, 2.05) is 0 Å². The summed E-state index contributed by atoms with van der Waals surface area (Å²) in [6, 6.07) is 4.08. The number of fused-ring (bicyclic) bond motifs is 1. The first kappa shape index (κ1) is 19.7. The molecule has 10 heteroatoms. The molecule has 1 heterocycles. The Morgan fingerprint density at radius 2 is 1.69 bits per heavy atom. The molecule has 0 spiro atoms. The number of aromatic carboxylic acids is 1. The van der Waals surface area contributed by atoms with Crippen molar-refractivity contribution in [3.8, 4) is 11.5 Å². The summed E-state index contributed by atoms with van der Waals surface area (Å²) in [6.07, 6.45) is 1.19. The van der Waals surface area contributed by atoms with E-state index in [-0.39, 0.29) is 22.3 Å². The van der Waals surface area contributed by atoms with Crippen molar-refractivity contribution in [3.63, 3.8) is 0 Å². The highest BCUT2D eigenvalue weighted by molar-refractivity contribution is 6.01. The van der Waals surface area contributed by atoms with Gasteiger partial charge in [0, 0.05) is 12.0 Å². The van der Waals surface area contributed by atoms with Gasteiger partial charge >= 0.3 is 23.5 Å². The summed E-state index contributed by atoms with van der Waals surface area (Å²) in [5.74, 6) is -8.58. The van der Waals surface area contributed by atoms with E-state index in [1.165, 1.54) is 6.08 Å². The van der Waals surface area contributed by atoms with Crippen LogP contribution in [0.1, 0.15) is 33.2 Å². The lowest BCUT2D eigenvalue weighted by molar-refractivity contribution is -0.145. The summed E-state index contributed by atoms with van der Waals surface area (Å²) in [5.41, 5.74) is -1.04. The predicted molar refractivity (Wildman–Crippen MR) is 94.7 cm³/mol. The van der Waals surface area contributed by atoms with Gasteiger partial charge in [0.25, 0.3) is 0 Å². The van der Waals surface area contributed by atoms with Crippen LogP contribution >= 0.6 is 0 Å². The molecule has 0 unspecified atom stereocenters. The molecular formula is C19H14O10. The molecule has 2 aromatic rings. The SMILES string of the molecule is COC(=O)C1=Cc2cc(O)c(O)cc2[C@@H](c2cc(C(=O)O)oc(=O)c2)[C@@H]1C(=O)O. The highest BCUT2D eigenvalue weighted by atomic mass is 16.5. The number of benzene rings is 1. The van der Waals surface area contributed by atoms with Crippen LogP contribution in [0.25, 0.3) is 6.08 Å². The fraction of sp³-hybridized carbons (Fsp3) is 0.158. The first-order valence-corrected chi connectivity index (χ1v) is 8.11. The third-order valence-corrected chi connectivity index (χ3v) is 4.54. The molecule has 2 atom stereocenters. The lowest BCUT2D eigenvalue weighted by Gasteiger charge is -2.31. The maximum absolute atomic E-state index is 12.2. The molecule has 3 rings (SSSR count). The number of carboxylic acid groups (broad SMARTS) is 2. The average Bonchev–Trinajstić information content (AvgIpc) is 2.66. The number of carbonyl (C=O) groups is 3. The number of hydrogen-bond donors (Lipinski definition) is 4. The molecule has 0 radical (unpaired) electrons. The van der Waals surface area contributed by atoms with Gasteiger partial charge in [-0.3, -0.25) is 4.79 Å². The van der Waals surface area contributed by atoms with E-state index in [2.05, 4.69) is 9.15 Å². The number of aliphatic carboxylic acids is 1. The van der Waals surface area contributed by atoms with Crippen LogP contribution in [0.2, 0.25) is 0 Å². The Morgan fingerprint density at radius 3 is 2.28 bits per heavy atom. The number of hydrogen-bond acceptors (Lipinski definition) is 8. The third kappa shape index (κ3) is 3.43.